The molecular weight excluding hydrogens is 556 g/mol. The molecule has 0 bridgehead atoms. The van der Waals surface area contributed by atoms with Gasteiger partial charge in [0, 0.05) is 19.5 Å². The Morgan fingerprint density at radius 1 is 0.907 bits per heavy atom. The van der Waals surface area contributed by atoms with E-state index in [0.717, 1.165) is 11.1 Å². The van der Waals surface area contributed by atoms with E-state index in [1.807, 2.05) is 4.90 Å². The fourth-order valence-corrected chi connectivity index (χ4v) is 4.79. The van der Waals surface area contributed by atoms with Crippen LogP contribution in [0.2, 0.25) is 0 Å². The number of carbonyl (C=O) groups is 4. The third-order valence-electron chi connectivity index (χ3n) is 7.58. The van der Waals surface area contributed by atoms with Crippen LogP contribution in [0.1, 0.15) is 25.0 Å². The molecule has 0 aromatic heterocycles. The number of benzene rings is 2. The zero-order valence-electron chi connectivity index (χ0n) is 24.8. The van der Waals surface area contributed by atoms with Crippen molar-refractivity contribution in [3.8, 4) is 11.5 Å². The number of methoxy groups -OCH3 is 1. The van der Waals surface area contributed by atoms with Crippen LogP contribution >= 0.6 is 0 Å². The highest BCUT2D eigenvalue weighted by atomic mass is 16.6. The molecular formula is C31H40N4O8. The molecule has 0 radical (unpaired) electrons. The first-order valence-corrected chi connectivity index (χ1v) is 14.4. The molecule has 0 spiro atoms. The summed E-state index contributed by atoms with van der Waals surface area (Å²) in [6.07, 6.45) is 0.297. The van der Waals surface area contributed by atoms with E-state index in [4.69, 9.17) is 14.2 Å². The number of aromatic hydroxyl groups is 1. The van der Waals surface area contributed by atoms with Crippen LogP contribution in [-0.4, -0.2) is 104 Å². The molecule has 0 aliphatic carbocycles. The van der Waals surface area contributed by atoms with E-state index in [1.165, 1.54) is 12.1 Å². The fourth-order valence-electron chi connectivity index (χ4n) is 4.79. The molecule has 3 amide bonds. The van der Waals surface area contributed by atoms with Crippen LogP contribution in [0.25, 0.3) is 0 Å². The number of phenolic OH excluding ortho intramolecular Hbond substituents is 1. The van der Waals surface area contributed by atoms with Crippen molar-refractivity contribution in [1.29, 1.82) is 0 Å². The molecule has 4 unspecified atom stereocenters. The summed E-state index contributed by atoms with van der Waals surface area (Å²) >= 11 is 0. The van der Waals surface area contributed by atoms with Crippen molar-refractivity contribution in [2.24, 2.45) is 0 Å². The van der Waals surface area contributed by atoms with Gasteiger partial charge in [0.15, 0.2) is 5.78 Å². The maximum atomic E-state index is 13.7. The number of morpholine rings is 1. The minimum absolute atomic E-state index is 0.0848. The number of hydrogen-bond donors (Lipinski definition) is 4. The van der Waals surface area contributed by atoms with E-state index < -0.39 is 35.5 Å². The number of nitrogens with zero attached hydrogens (tertiary/aromatic N) is 1. The third kappa shape index (κ3) is 9.24. The molecule has 2 fully saturated rings. The van der Waals surface area contributed by atoms with Gasteiger partial charge in [-0.1, -0.05) is 24.3 Å². The number of nitrogens with one attached hydrogen (secondary N) is 3. The molecule has 2 saturated heterocycles. The second kappa shape index (κ2) is 14.5. The van der Waals surface area contributed by atoms with Crippen LogP contribution in [0.15, 0.2) is 48.5 Å². The average Bonchev–Trinajstić information content (AvgIpc) is 3.76. The minimum Gasteiger partial charge on any atom is -0.508 e. The molecule has 2 aliphatic rings. The summed E-state index contributed by atoms with van der Waals surface area (Å²) in [5.41, 5.74) is 0.486. The van der Waals surface area contributed by atoms with Gasteiger partial charge in [-0.15, -0.1) is 0 Å². The number of amides is 3. The van der Waals surface area contributed by atoms with E-state index in [-0.39, 0.29) is 43.4 Å². The number of hydrogen-bond acceptors (Lipinski definition) is 9. The van der Waals surface area contributed by atoms with Crippen molar-refractivity contribution in [2.45, 2.75) is 50.4 Å². The molecule has 2 aromatic rings. The molecule has 0 saturated carbocycles. The number of ether oxygens (including phenoxy) is 3. The largest absolute Gasteiger partial charge is 0.508 e. The van der Waals surface area contributed by atoms with Crippen molar-refractivity contribution < 1.29 is 38.5 Å². The predicted octanol–water partition coefficient (Wildman–Crippen LogP) is 0.351. The van der Waals surface area contributed by atoms with Crippen LogP contribution in [-0.2, 0) is 41.5 Å². The monoisotopic (exact) mass is 596 g/mol. The van der Waals surface area contributed by atoms with Gasteiger partial charge < -0.3 is 35.3 Å². The first-order chi connectivity index (χ1) is 20.6. The first kappa shape index (κ1) is 31.9. The van der Waals surface area contributed by atoms with Gasteiger partial charge in [-0.2, -0.15) is 0 Å². The van der Waals surface area contributed by atoms with Crippen LogP contribution in [0.5, 0.6) is 11.5 Å². The molecule has 4 N–H and O–H groups in total. The van der Waals surface area contributed by atoms with Crippen molar-refractivity contribution >= 4 is 23.5 Å². The van der Waals surface area contributed by atoms with Crippen molar-refractivity contribution in [2.75, 3.05) is 46.6 Å². The number of rotatable bonds is 14. The lowest BCUT2D eigenvalue weighted by molar-refractivity contribution is -0.134. The summed E-state index contributed by atoms with van der Waals surface area (Å²) in [5.74, 6) is -0.963. The maximum absolute atomic E-state index is 13.7. The van der Waals surface area contributed by atoms with Crippen LogP contribution in [0.4, 0.5) is 0 Å². The van der Waals surface area contributed by atoms with Crippen molar-refractivity contribution in [1.82, 2.24) is 20.9 Å². The van der Waals surface area contributed by atoms with Crippen molar-refractivity contribution in [3.05, 3.63) is 59.7 Å². The number of carbonyl (C=O) groups excluding carboxylic acids is 4. The van der Waals surface area contributed by atoms with Gasteiger partial charge in [0.05, 0.1) is 39.5 Å². The lowest BCUT2D eigenvalue weighted by Crippen LogP contribution is -2.57. The molecule has 2 aliphatic heterocycles. The lowest BCUT2D eigenvalue weighted by atomic mass is 9.94. The standard InChI is InChI=1S/C31H40N4O8/c1-20(32-27(37)18-35-12-14-42-15-13-35)29(39)34-26(17-22-6-10-24(41-3)11-7-22)30(40)33-25(28(38)31(2)19-43-31)16-21-4-8-23(36)9-5-21/h4-11,20,25-26,36H,12-19H2,1-3H3,(H,32,37)(H,33,40)(H,34,39). The molecule has 43 heavy (non-hydrogen) atoms. The second-order valence-electron chi connectivity index (χ2n) is 11.1. The summed E-state index contributed by atoms with van der Waals surface area (Å²) in [7, 11) is 1.55. The highest BCUT2D eigenvalue weighted by Gasteiger charge is 2.50. The van der Waals surface area contributed by atoms with Gasteiger partial charge in [-0.05, 0) is 55.7 Å². The SMILES string of the molecule is COc1ccc(CC(NC(=O)C(C)NC(=O)CN2CCOCC2)C(=O)NC(Cc2ccc(O)cc2)C(=O)C2(C)CO2)cc1. The highest BCUT2D eigenvalue weighted by molar-refractivity contribution is 5.98. The first-order valence-electron chi connectivity index (χ1n) is 14.4. The third-order valence-corrected chi connectivity index (χ3v) is 7.58. The molecule has 232 valence electrons. The number of phenols is 1. The molecule has 4 atom stereocenters. The van der Waals surface area contributed by atoms with Crippen LogP contribution in [0.3, 0.4) is 0 Å². The number of epoxide rings is 1. The van der Waals surface area contributed by atoms with Crippen LogP contribution < -0.4 is 20.7 Å². The topological polar surface area (TPSA) is 159 Å². The summed E-state index contributed by atoms with van der Waals surface area (Å²) < 4.78 is 15.9. The molecule has 12 nitrogen and oxygen atoms in total. The maximum Gasteiger partial charge on any atom is 0.243 e. The van der Waals surface area contributed by atoms with E-state index in [1.54, 1.807) is 57.4 Å². The van der Waals surface area contributed by atoms with Gasteiger partial charge in [0.25, 0.3) is 0 Å². The lowest BCUT2D eigenvalue weighted by Gasteiger charge is -2.27. The Morgan fingerprint density at radius 2 is 1.47 bits per heavy atom. The zero-order valence-corrected chi connectivity index (χ0v) is 24.8. The second-order valence-corrected chi connectivity index (χ2v) is 11.1. The summed E-state index contributed by atoms with van der Waals surface area (Å²) in [4.78, 5) is 54.8. The summed E-state index contributed by atoms with van der Waals surface area (Å²) in [5, 5.41) is 18.0. The normalized spacial score (nSPS) is 20.3. The number of ketones is 1. The van der Waals surface area contributed by atoms with E-state index in [2.05, 4.69) is 16.0 Å². The molecule has 2 heterocycles. The fraction of sp³-hybridized carbons (Fsp3) is 0.484. The van der Waals surface area contributed by atoms with Gasteiger partial charge in [0.1, 0.15) is 29.2 Å². The van der Waals surface area contributed by atoms with E-state index >= 15 is 0 Å². The average molecular weight is 597 g/mol. The van der Waals surface area contributed by atoms with Gasteiger partial charge in [-0.25, -0.2) is 0 Å². The highest BCUT2D eigenvalue weighted by Crippen LogP contribution is 2.29. The summed E-state index contributed by atoms with van der Waals surface area (Å²) in [6, 6.07) is 10.6. The minimum atomic E-state index is -1.05. The Bertz CT molecular complexity index is 1270. The molecule has 12 heteroatoms. The Balaban J connectivity index is 1.47. The smallest absolute Gasteiger partial charge is 0.243 e. The summed E-state index contributed by atoms with van der Waals surface area (Å²) in [6.45, 7) is 5.97. The molecule has 2 aromatic carbocycles. The Morgan fingerprint density at radius 3 is 2.05 bits per heavy atom. The van der Waals surface area contributed by atoms with Gasteiger partial charge in [0.2, 0.25) is 17.7 Å². The van der Waals surface area contributed by atoms with Gasteiger partial charge >= 0.3 is 0 Å². The van der Waals surface area contributed by atoms with E-state index in [9.17, 15) is 24.3 Å². The predicted molar refractivity (Wildman–Crippen MR) is 157 cm³/mol. The quantitative estimate of drug-likeness (QED) is 0.226. The van der Waals surface area contributed by atoms with Crippen LogP contribution in [0, 0.1) is 0 Å². The number of Topliss-reactive ketones (excluding diaryl/α,β-unsaturated/α-hetero) is 1. The zero-order chi connectivity index (χ0) is 31.0. The Hall–Kier alpha value is -4.00. The van der Waals surface area contributed by atoms with Crippen molar-refractivity contribution in [3.63, 3.8) is 0 Å². The Kier molecular flexibility index (Phi) is 10.7. The Labute approximate surface area is 251 Å². The molecule has 4 rings (SSSR count). The van der Waals surface area contributed by atoms with Gasteiger partial charge in [-0.3, -0.25) is 24.1 Å². The van der Waals surface area contributed by atoms with E-state index in [0.29, 0.717) is 32.1 Å².